The van der Waals surface area contributed by atoms with E-state index in [2.05, 4.69) is 20.2 Å². The van der Waals surface area contributed by atoms with Gasteiger partial charge in [0.15, 0.2) is 0 Å². The maximum Gasteiger partial charge on any atom is 0.257 e. The number of hydrogen-bond donors (Lipinski definition) is 1. The van der Waals surface area contributed by atoms with Crippen molar-refractivity contribution < 1.29 is 4.79 Å². The van der Waals surface area contributed by atoms with Crippen molar-refractivity contribution in [3.63, 3.8) is 0 Å². The van der Waals surface area contributed by atoms with Gasteiger partial charge in [-0.15, -0.1) is 0 Å². The molecule has 0 unspecified atom stereocenters. The quantitative estimate of drug-likeness (QED) is 0.832. The van der Waals surface area contributed by atoms with Crippen LogP contribution in [0, 0.1) is 0 Å². The van der Waals surface area contributed by atoms with Gasteiger partial charge in [0.2, 0.25) is 5.95 Å². The van der Waals surface area contributed by atoms with E-state index in [1.807, 2.05) is 6.92 Å². The lowest BCUT2D eigenvalue weighted by molar-refractivity contribution is 0.108. The van der Waals surface area contributed by atoms with Gasteiger partial charge in [-0.25, -0.2) is 4.98 Å². The van der Waals surface area contributed by atoms with E-state index in [1.165, 1.54) is 6.20 Å². The summed E-state index contributed by atoms with van der Waals surface area (Å²) in [6, 6.07) is 0. The molecule has 1 aliphatic heterocycles. The normalized spacial score (nSPS) is 15.1. The molecule has 0 radical (unpaired) electrons. The summed E-state index contributed by atoms with van der Waals surface area (Å²) in [5.74, 6) is 1.18. The molecule has 0 saturated carbocycles. The van der Waals surface area contributed by atoms with Crippen LogP contribution >= 0.6 is 11.6 Å². The summed E-state index contributed by atoms with van der Waals surface area (Å²) in [6.45, 7) is 4.58. The lowest BCUT2D eigenvalue weighted by Crippen LogP contribution is -2.21. The van der Waals surface area contributed by atoms with E-state index in [0.29, 0.717) is 23.9 Å². The van der Waals surface area contributed by atoms with Crippen molar-refractivity contribution in [3.05, 3.63) is 11.8 Å². The minimum Gasteiger partial charge on any atom is -0.370 e. The van der Waals surface area contributed by atoms with E-state index in [4.69, 9.17) is 11.6 Å². The summed E-state index contributed by atoms with van der Waals surface area (Å²) in [5.41, 5.74) is 0.330. The van der Waals surface area contributed by atoms with Crippen molar-refractivity contribution in [1.82, 2.24) is 9.97 Å². The van der Waals surface area contributed by atoms with Gasteiger partial charge in [0, 0.05) is 25.8 Å². The molecule has 1 fully saturated rings. The molecule has 5 nitrogen and oxygen atoms in total. The van der Waals surface area contributed by atoms with E-state index in [0.717, 1.165) is 25.9 Å². The molecule has 2 heterocycles. The van der Waals surface area contributed by atoms with Crippen LogP contribution in [0.5, 0.6) is 0 Å². The first kappa shape index (κ1) is 12.1. The van der Waals surface area contributed by atoms with Gasteiger partial charge in [0.25, 0.3) is 5.24 Å². The smallest absolute Gasteiger partial charge is 0.257 e. The van der Waals surface area contributed by atoms with E-state index in [1.54, 1.807) is 0 Å². The van der Waals surface area contributed by atoms with Crippen LogP contribution in [-0.4, -0.2) is 34.8 Å². The van der Waals surface area contributed by atoms with Crippen LogP contribution in [0.25, 0.3) is 0 Å². The first-order chi connectivity index (χ1) is 8.22. The second-order valence-electron chi connectivity index (χ2n) is 3.93. The van der Waals surface area contributed by atoms with Crippen LogP contribution < -0.4 is 10.2 Å². The Morgan fingerprint density at radius 1 is 1.53 bits per heavy atom. The summed E-state index contributed by atoms with van der Waals surface area (Å²) in [4.78, 5) is 21.9. The number of carbonyl (C=O) groups excluding carboxylic acids is 1. The SMILES string of the molecule is CCNc1nc(N2CCCC2)ncc1C(=O)Cl. The Balaban J connectivity index is 2.30. The number of nitrogens with zero attached hydrogens (tertiary/aromatic N) is 3. The summed E-state index contributed by atoms with van der Waals surface area (Å²) in [6.07, 6.45) is 3.82. The summed E-state index contributed by atoms with van der Waals surface area (Å²) in [7, 11) is 0. The number of halogens is 1. The molecule has 0 aromatic carbocycles. The third kappa shape index (κ3) is 2.66. The third-order valence-corrected chi connectivity index (χ3v) is 2.92. The Morgan fingerprint density at radius 2 is 2.24 bits per heavy atom. The van der Waals surface area contributed by atoms with Crippen molar-refractivity contribution in [2.24, 2.45) is 0 Å². The maximum absolute atomic E-state index is 11.2. The lowest BCUT2D eigenvalue weighted by Gasteiger charge is -2.16. The second kappa shape index (κ2) is 5.31. The van der Waals surface area contributed by atoms with Crippen molar-refractivity contribution in [1.29, 1.82) is 0 Å². The summed E-state index contributed by atoms with van der Waals surface area (Å²) < 4.78 is 0. The van der Waals surface area contributed by atoms with Gasteiger partial charge in [0.1, 0.15) is 5.82 Å². The summed E-state index contributed by atoms with van der Waals surface area (Å²) >= 11 is 5.48. The number of nitrogens with one attached hydrogen (secondary N) is 1. The molecule has 92 valence electrons. The van der Waals surface area contributed by atoms with Crippen LogP contribution in [0.2, 0.25) is 0 Å². The topological polar surface area (TPSA) is 58.1 Å². The Bertz CT molecular complexity index is 418. The van der Waals surface area contributed by atoms with Crippen LogP contribution in [0.1, 0.15) is 30.1 Å². The minimum absolute atomic E-state index is 0.330. The summed E-state index contributed by atoms with van der Waals surface area (Å²) in [5, 5.41) is 2.50. The predicted octanol–water partition coefficient (Wildman–Crippen LogP) is 1.89. The van der Waals surface area contributed by atoms with Gasteiger partial charge in [0.05, 0.1) is 5.56 Å². The Hall–Kier alpha value is -1.36. The molecule has 0 aliphatic carbocycles. The number of hydrogen-bond acceptors (Lipinski definition) is 5. The van der Waals surface area contributed by atoms with E-state index in [-0.39, 0.29) is 0 Å². The van der Waals surface area contributed by atoms with E-state index < -0.39 is 5.24 Å². The highest BCUT2D eigenvalue weighted by molar-refractivity contribution is 6.68. The van der Waals surface area contributed by atoms with Crippen molar-refractivity contribution in [2.45, 2.75) is 19.8 Å². The molecule has 0 bridgehead atoms. The van der Waals surface area contributed by atoms with Gasteiger partial charge >= 0.3 is 0 Å². The molecular weight excluding hydrogens is 240 g/mol. The fourth-order valence-corrected chi connectivity index (χ4v) is 2.03. The maximum atomic E-state index is 11.2. The number of rotatable bonds is 4. The van der Waals surface area contributed by atoms with Crippen LogP contribution in [-0.2, 0) is 0 Å². The van der Waals surface area contributed by atoms with Crippen molar-refractivity contribution in [3.8, 4) is 0 Å². The molecule has 17 heavy (non-hydrogen) atoms. The van der Waals surface area contributed by atoms with E-state index in [9.17, 15) is 4.79 Å². The highest BCUT2D eigenvalue weighted by Gasteiger charge is 2.18. The first-order valence-corrected chi connectivity index (χ1v) is 6.16. The largest absolute Gasteiger partial charge is 0.370 e. The minimum atomic E-state index is -0.533. The number of carbonyl (C=O) groups is 1. The zero-order valence-electron chi connectivity index (χ0n) is 9.74. The van der Waals surface area contributed by atoms with Crippen molar-refractivity contribution >= 4 is 28.6 Å². The molecule has 6 heteroatoms. The van der Waals surface area contributed by atoms with E-state index >= 15 is 0 Å². The fraction of sp³-hybridized carbons (Fsp3) is 0.545. The Kier molecular flexibility index (Phi) is 3.78. The predicted molar refractivity (Wildman–Crippen MR) is 67.8 cm³/mol. The number of anilines is 2. The zero-order chi connectivity index (χ0) is 12.3. The molecule has 1 aromatic heterocycles. The molecule has 1 saturated heterocycles. The number of aromatic nitrogens is 2. The zero-order valence-corrected chi connectivity index (χ0v) is 10.5. The van der Waals surface area contributed by atoms with Gasteiger partial charge in [-0.05, 0) is 31.4 Å². The molecule has 0 spiro atoms. The van der Waals surface area contributed by atoms with Crippen LogP contribution in [0.4, 0.5) is 11.8 Å². The van der Waals surface area contributed by atoms with Gasteiger partial charge in [-0.3, -0.25) is 4.79 Å². The van der Waals surface area contributed by atoms with Crippen LogP contribution in [0.3, 0.4) is 0 Å². The average Bonchev–Trinajstić information content (AvgIpc) is 2.82. The Morgan fingerprint density at radius 3 is 2.82 bits per heavy atom. The Labute approximate surface area is 105 Å². The van der Waals surface area contributed by atoms with Crippen molar-refractivity contribution in [2.75, 3.05) is 29.9 Å². The highest BCUT2D eigenvalue weighted by Crippen LogP contribution is 2.20. The second-order valence-corrected chi connectivity index (χ2v) is 4.27. The molecule has 1 N–H and O–H groups in total. The molecule has 1 aromatic rings. The fourth-order valence-electron chi connectivity index (χ4n) is 1.89. The standard InChI is InChI=1S/C11H15ClN4O/c1-2-13-10-8(9(12)17)7-14-11(15-10)16-5-3-4-6-16/h7H,2-6H2,1H3,(H,13,14,15). The van der Waals surface area contributed by atoms with Gasteiger partial charge in [-0.2, -0.15) is 4.98 Å². The van der Waals surface area contributed by atoms with Gasteiger partial charge in [-0.1, -0.05) is 0 Å². The third-order valence-electron chi connectivity index (χ3n) is 2.72. The molecule has 0 atom stereocenters. The van der Waals surface area contributed by atoms with Crippen LogP contribution in [0.15, 0.2) is 6.20 Å². The lowest BCUT2D eigenvalue weighted by atomic mass is 10.3. The molecule has 1 aliphatic rings. The molecule has 0 amide bonds. The first-order valence-electron chi connectivity index (χ1n) is 5.78. The molecule has 2 rings (SSSR count). The average molecular weight is 255 g/mol. The monoisotopic (exact) mass is 254 g/mol. The van der Waals surface area contributed by atoms with Gasteiger partial charge < -0.3 is 10.2 Å². The highest BCUT2D eigenvalue weighted by atomic mass is 35.5. The molecular formula is C11H15ClN4O.